The smallest absolute Gasteiger partial charge is 0.0574 e. The van der Waals surface area contributed by atoms with Crippen LogP contribution in [0.3, 0.4) is 0 Å². The van der Waals surface area contributed by atoms with E-state index < -0.39 is 0 Å². The Morgan fingerprint density at radius 3 is 1.50 bits per heavy atom. The van der Waals surface area contributed by atoms with Crippen molar-refractivity contribution in [3.05, 3.63) is 25.3 Å². The highest BCUT2D eigenvalue weighted by molar-refractivity contribution is 4.74. The second-order valence-electron chi connectivity index (χ2n) is 3.64. The van der Waals surface area contributed by atoms with Crippen molar-refractivity contribution in [2.24, 2.45) is 0 Å². The fraction of sp³-hybridized carbons (Fsp3) is 0.667. The van der Waals surface area contributed by atoms with Gasteiger partial charge in [-0.1, -0.05) is 25.0 Å². The Labute approximate surface area is 87.0 Å². The van der Waals surface area contributed by atoms with Crippen LogP contribution in [0.15, 0.2) is 25.3 Å². The lowest BCUT2D eigenvalue weighted by atomic mass is 10.0. The summed E-state index contributed by atoms with van der Waals surface area (Å²) in [4.78, 5) is 0. The summed E-state index contributed by atoms with van der Waals surface area (Å²) in [5, 5.41) is 18.7. The molecule has 2 N–H and O–H groups in total. The van der Waals surface area contributed by atoms with Crippen molar-refractivity contribution >= 4 is 0 Å². The molecule has 0 fully saturated rings. The van der Waals surface area contributed by atoms with Crippen LogP contribution in [0.4, 0.5) is 0 Å². The molecule has 0 aromatic rings. The molecule has 0 radical (unpaired) electrons. The van der Waals surface area contributed by atoms with E-state index in [4.69, 9.17) is 0 Å². The fourth-order valence-corrected chi connectivity index (χ4v) is 1.38. The molecule has 0 saturated carbocycles. The third-order valence-electron chi connectivity index (χ3n) is 2.20. The van der Waals surface area contributed by atoms with Crippen molar-refractivity contribution in [2.45, 2.75) is 50.7 Å². The molecule has 0 bridgehead atoms. The van der Waals surface area contributed by atoms with Gasteiger partial charge >= 0.3 is 0 Å². The SMILES string of the molecule is C=CCC(O)CCCCC(O)CC=C. The first-order valence-corrected chi connectivity index (χ1v) is 5.28. The van der Waals surface area contributed by atoms with Crippen LogP contribution in [0.2, 0.25) is 0 Å². The lowest BCUT2D eigenvalue weighted by molar-refractivity contribution is 0.147. The van der Waals surface area contributed by atoms with Gasteiger partial charge in [0.05, 0.1) is 12.2 Å². The summed E-state index contributed by atoms with van der Waals surface area (Å²) >= 11 is 0. The molecule has 0 saturated heterocycles. The lowest BCUT2D eigenvalue weighted by Gasteiger charge is -2.09. The molecule has 2 unspecified atom stereocenters. The van der Waals surface area contributed by atoms with Crippen LogP contribution in [0.25, 0.3) is 0 Å². The Bertz CT molecular complexity index is 136. The number of aliphatic hydroxyl groups is 2. The van der Waals surface area contributed by atoms with Crippen LogP contribution in [0, 0.1) is 0 Å². The third kappa shape index (κ3) is 8.02. The number of hydrogen-bond donors (Lipinski definition) is 2. The Balaban J connectivity index is 3.27. The van der Waals surface area contributed by atoms with Gasteiger partial charge in [-0.3, -0.25) is 0 Å². The van der Waals surface area contributed by atoms with Crippen molar-refractivity contribution in [1.29, 1.82) is 0 Å². The minimum absolute atomic E-state index is 0.260. The molecule has 0 rings (SSSR count). The Morgan fingerprint density at radius 1 is 0.857 bits per heavy atom. The summed E-state index contributed by atoms with van der Waals surface area (Å²) in [6.07, 6.45) is 7.79. The van der Waals surface area contributed by atoms with E-state index in [0.717, 1.165) is 25.7 Å². The first-order chi connectivity index (χ1) is 6.70. The predicted octanol–water partition coefficient (Wildman–Crippen LogP) is 2.42. The fourth-order valence-electron chi connectivity index (χ4n) is 1.38. The zero-order chi connectivity index (χ0) is 10.8. The number of unbranched alkanes of at least 4 members (excludes halogenated alkanes) is 1. The Kier molecular flexibility index (Phi) is 8.59. The minimum atomic E-state index is -0.260. The van der Waals surface area contributed by atoms with E-state index in [1.165, 1.54) is 0 Å². The maximum Gasteiger partial charge on any atom is 0.0574 e. The first-order valence-electron chi connectivity index (χ1n) is 5.28. The van der Waals surface area contributed by atoms with E-state index in [1.807, 2.05) is 0 Å². The molecule has 0 aromatic heterocycles. The molecule has 0 heterocycles. The van der Waals surface area contributed by atoms with Crippen molar-refractivity contribution in [3.63, 3.8) is 0 Å². The highest BCUT2D eigenvalue weighted by Crippen LogP contribution is 2.10. The van der Waals surface area contributed by atoms with Crippen molar-refractivity contribution in [3.8, 4) is 0 Å². The van der Waals surface area contributed by atoms with Crippen molar-refractivity contribution in [1.82, 2.24) is 0 Å². The summed E-state index contributed by atoms with van der Waals surface area (Å²) in [7, 11) is 0. The highest BCUT2D eigenvalue weighted by Gasteiger charge is 2.03. The molecular formula is C12H22O2. The molecule has 2 nitrogen and oxygen atoms in total. The van der Waals surface area contributed by atoms with Crippen molar-refractivity contribution in [2.75, 3.05) is 0 Å². The average Bonchev–Trinajstić information content (AvgIpc) is 2.13. The van der Waals surface area contributed by atoms with E-state index >= 15 is 0 Å². The number of aliphatic hydroxyl groups excluding tert-OH is 2. The molecule has 82 valence electrons. The molecule has 2 heteroatoms. The first kappa shape index (κ1) is 13.4. The zero-order valence-corrected chi connectivity index (χ0v) is 8.86. The van der Waals surface area contributed by atoms with E-state index in [-0.39, 0.29) is 12.2 Å². The third-order valence-corrected chi connectivity index (χ3v) is 2.20. The number of rotatable bonds is 9. The minimum Gasteiger partial charge on any atom is -0.393 e. The van der Waals surface area contributed by atoms with Gasteiger partial charge in [0.2, 0.25) is 0 Å². The van der Waals surface area contributed by atoms with Gasteiger partial charge in [0.15, 0.2) is 0 Å². The largest absolute Gasteiger partial charge is 0.393 e. The Morgan fingerprint density at radius 2 is 1.21 bits per heavy atom. The lowest BCUT2D eigenvalue weighted by Crippen LogP contribution is -2.07. The monoisotopic (exact) mass is 198 g/mol. The van der Waals surface area contributed by atoms with Gasteiger partial charge in [-0.15, -0.1) is 13.2 Å². The van der Waals surface area contributed by atoms with Gasteiger partial charge < -0.3 is 10.2 Å². The van der Waals surface area contributed by atoms with Gasteiger partial charge in [0.25, 0.3) is 0 Å². The highest BCUT2D eigenvalue weighted by atomic mass is 16.3. The van der Waals surface area contributed by atoms with E-state index in [0.29, 0.717) is 12.8 Å². The summed E-state index contributed by atoms with van der Waals surface area (Å²) in [6, 6.07) is 0. The summed E-state index contributed by atoms with van der Waals surface area (Å²) in [6.45, 7) is 7.14. The normalized spacial score (nSPS) is 14.7. The van der Waals surface area contributed by atoms with Crippen LogP contribution in [0.1, 0.15) is 38.5 Å². The second-order valence-corrected chi connectivity index (χ2v) is 3.64. The average molecular weight is 198 g/mol. The predicted molar refractivity (Wildman–Crippen MR) is 60.1 cm³/mol. The van der Waals surface area contributed by atoms with Gasteiger partial charge in [-0.2, -0.15) is 0 Å². The van der Waals surface area contributed by atoms with E-state index in [9.17, 15) is 10.2 Å². The number of hydrogen-bond acceptors (Lipinski definition) is 2. The van der Waals surface area contributed by atoms with Crippen LogP contribution in [0.5, 0.6) is 0 Å². The molecule has 0 spiro atoms. The van der Waals surface area contributed by atoms with Crippen molar-refractivity contribution < 1.29 is 10.2 Å². The topological polar surface area (TPSA) is 40.5 Å². The molecule has 0 aliphatic rings. The molecule has 14 heavy (non-hydrogen) atoms. The Hall–Kier alpha value is -0.600. The standard InChI is InChI=1S/C12H22O2/c1-3-7-11(13)9-5-6-10-12(14)8-4-2/h3-4,11-14H,1-2,5-10H2. The summed E-state index contributed by atoms with van der Waals surface area (Å²) in [5.74, 6) is 0. The maximum atomic E-state index is 9.37. The summed E-state index contributed by atoms with van der Waals surface area (Å²) < 4.78 is 0. The van der Waals surface area contributed by atoms with Crippen LogP contribution < -0.4 is 0 Å². The second kappa shape index (κ2) is 8.97. The molecule has 0 aliphatic heterocycles. The van der Waals surface area contributed by atoms with Crippen LogP contribution >= 0.6 is 0 Å². The molecule has 0 aliphatic carbocycles. The quantitative estimate of drug-likeness (QED) is 0.441. The van der Waals surface area contributed by atoms with Gasteiger partial charge in [-0.05, 0) is 25.7 Å². The van der Waals surface area contributed by atoms with Gasteiger partial charge in [0.1, 0.15) is 0 Å². The molecule has 0 amide bonds. The van der Waals surface area contributed by atoms with Gasteiger partial charge in [-0.25, -0.2) is 0 Å². The zero-order valence-electron chi connectivity index (χ0n) is 8.86. The molecule has 0 aromatic carbocycles. The van der Waals surface area contributed by atoms with Gasteiger partial charge in [0, 0.05) is 0 Å². The van der Waals surface area contributed by atoms with E-state index in [2.05, 4.69) is 13.2 Å². The van der Waals surface area contributed by atoms with E-state index in [1.54, 1.807) is 12.2 Å². The van der Waals surface area contributed by atoms with Crippen LogP contribution in [-0.4, -0.2) is 22.4 Å². The summed E-state index contributed by atoms with van der Waals surface area (Å²) in [5.41, 5.74) is 0. The molecular weight excluding hydrogens is 176 g/mol. The maximum absolute atomic E-state index is 9.37. The van der Waals surface area contributed by atoms with Crippen LogP contribution in [-0.2, 0) is 0 Å². The molecule has 2 atom stereocenters.